The van der Waals surface area contributed by atoms with E-state index >= 15 is 0 Å². The lowest BCUT2D eigenvalue weighted by Gasteiger charge is -2.32. The van der Waals surface area contributed by atoms with Crippen molar-refractivity contribution in [2.45, 2.75) is 46.2 Å². The summed E-state index contributed by atoms with van der Waals surface area (Å²) >= 11 is 6.04. The van der Waals surface area contributed by atoms with Gasteiger partial charge >= 0.3 is 0 Å². The SMILES string of the molecule is CCCCNC(=O)C(C)N(Cc1ccc(OC)cc1)C(=O)CN(c1ccc(Cl)cc1C)S(C)(=O)=O. The fraction of sp³-hybridized carbons (Fsp3) is 0.440. The highest BCUT2D eigenvalue weighted by Gasteiger charge is 2.30. The van der Waals surface area contributed by atoms with Gasteiger partial charge < -0.3 is 15.0 Å². The van der Waals surface area contributed by atoms with Crippen LogP contribution in [0, 0.1) is 6.92 Å². The zero-order valence-electron chi connectivity index (χ0n) is 20.9. The molecule has 0 heterocycles. The third kappa shape index (κ3) is 8.14. The monoisotopic (exact) mass is 523 g/mol. The Morgan fingerprint density at radius 1 is 1.14 bits per heavy atom. The van der Waals surface area contributed by atoms with Crippen LogP contribution in [0.1, 0.15) is 37.8 Å². The maximum Gasteiger partial charge on any atom is 0.244 e. The van der Waals surface area contributed by atoms with Crippen molar-refractivity contribution in [1.82, 2.24) is 10.2 Å². The number of aryl methyl sites for hydroxylation is 1. The van der Waals surface area contributed by atoms with E-state index in [-0.39, 0.29) is 12.5 Å². The Bertz CT molecular complexity index is 1120. The largest absolute Gasteiger partial charge is 0.497 e. The molecular weight excluding hydrogens is 490 g/mol. The van der Waals surface area contributed by atoms with E-state index in [4.69, 9.17) is 16.3 Å². The van der Waals surface area contributed by atoms with Crippen molar-refractivity contribution in [1.29, 1.82) is 0 Å². The van der Waals surface area contributed by atoms with Crippen molar-refractivity contribution in [2.24, 2.45) is 0 Å². The number of hydrogen-bond donors (Lipinski definition) is 1. The molecule has 2 aromatic carbocycles. The van der Waals surface area contributed by atoms with E-state index in [9.17, 15) is 18.0 Å². The summed E-state index contributed by atoms with van der Waals surface area (Å²) in [6, 6.07) is 11.1. The van der Waals surface area contributed by atoms with Crippen LogP contribution < -0.4 is 14.4 Å². The first-order chi connectivity index (χ1) is 16.5. The summed E-state index contributed by atoms with van der Waals surface area (Å²) in [5.74, 6) is -0.133. The molecule has 0 saturated carbocycles. The standard InChI is InChI=1S/C25H34ClN3O5S/c1-6-7-14-27-25(31)19(3)28(16-20-8-11-22(34-4)12-9-20)24(30)17-29(35(5,32)33)23-13-10-21(26)15-18(23)2/h8-13,15,19H,6-7,14,16-17H2,1-5H3,(H,27,31). The van der Waals surface area contributed by atoms with Crippen LogP contribution in [0.15, 0.2) is 42.5 Å². The first-order valence-corrected chi connectivity index (χ1v) is 13.6. The predicted octanol–water partition coefficient (Wildman–Crippen LogP) is 3.76. The first-order valence-electron chi connectivity index (χ1n) is 11.4. The number of amides is 2. The second-order valence-electron chi connectivity index (χ2n) is 8.39. The van der Waals surface area contributed by atoms with Gasteiger partial charge in [0, 0.05) is 18.1 Å². The number of ether oxygens (including phenoxy) is 1. The van der Waals surface area contributed by atoms with Gasteiger partial charge in [-0.25, -0.2) is 8.42 Å². The van der Waals surface area contributed by atoms with Gasteiger partial charge in [-0.3, -0.25) is 13.9 Å². The smallest absolute Gasteiger partial charge is 0.244 e. The number of benzene rings is 2. The molecule has 0 spiro atoms. The van der Waals surface area contributed by atoms with Crippen molar-refractivity contribution < 1.29 is 22.7 Å². The summed E-state index contributed by atoms with van der Waals surface area (Å²) in [7, 11) is -2.24. The summed E-state index contributed by atoms with van der Waals surface area (Å²) in [5.41, 5.74) is 1.75. The number of hydrogen-bond acceptors (Lipinski definition) is 5. The molecule has 0 aliphatic carbocycles. The molecule has 2 rings (SSSR count). The average Bonchev–Trinajstić information content (AvgIpc) is 2.80. The number of methoxy groups -OCH3 is 1. The van der Waals surface area contributed by atoms with Crippen LogP contribution >= 0.6 is 11.6 Å². The summed E-state index contributed by atoms with van der Waals surface area (Å²) in [6.45, 7) is 5.56. The number of nitrogens with one attached hydrogen (secondary N) is 1. The minimum atomic E-state index is -3.80. The molecule has 0 fully saturated rings. The lowest BCUT2D eigenvalue weighted by Crippen LogP contribution is -2.51. The number of unbranched alkanes of at least 4 members (excludes halogenated alkanes) is 1. The quantitative estimate of drug-likeness (QED) is 0.427. The van der Waals surface area contributed by atoms with Crippen LogP contribution in [0.3, 0.4) is 0 Å². The topological polar surface area (TPSA) is 96.0 Å². The average molecular weight is 524 g/mol. The summed E-state index contributed by atoms with van der Waals surface area (Å²) < 4.78 is 31.6. The Morgan fingerprint density at radius 2 is 1.80 bits per heavy atom. The van der Waals surface area contributed by atoms with Crippen molar-refractivity contribution in [3.8, 4) is 5.75 Å². The molecule has 1 N–H and O–H groups in total. The molecule has 0 bridgehead atoms. The van der Waals surface area contributed by atoms with Gasteiger partial charge in [0.15, 0.2) is 0 Å². The van der Waals surface area contributed by atoms with Gasteiger partial charge in [0.05, 0.1) is 19.1 Å². The Labute approximate surface area is 213 Å². The highest BCUT2D eigenvalue weighted by molar-refractivity contribution is 7.92. The lowest BCUT2D eigenvalue weighted by atomic mass is 10.1. The maximum absolute atomic E-state index is 13.5. The lowest BCUT2D eigenvalue weighted by molar-refractivity contribution is -0.139. The van der Waals surface area contributed by atoms with E-state index in [1.807, 2.05) is 6.92 Å². The van der Waals surface area contributed by atoms with Gasteiger partial charge in [0.2, 0.25) is 21.8 Å². The Kier molecular flexibility index (Phi) is 10.4. The van der Waals surface area contributed by atoms with E-state index in [2.05, 4.69) is 5.32 Å². The molecule has 192 valence electrons. The third-order valence-electron chi connectivity index (χ3n) is 5.62. The number of anilines is 1. The number of halogens is 1. The van der Waals surface area contributed by atoms with Gasteiger partial charge in [-0.2, -0.15) is 0 Å². The summed E-state index contributed by atoms with van der Waals surface area (Å²) in [6.07, 6.45) is 2.79. The molecule has 0 aromatic heterocycles. The number of nitrogens with zero attached hydrogens (tertiary/aromatic N) is 2. The second-order valence-corrected chi connectivity index (χ2v) is 10.7. The number of sulfonamides is 1. The van der Waals surface area contributed by atoms with Crippen molar-refractivity contribution in [3.05, 3.63) is 58.6 Å². The van der Waals surface area contributed by atoms with Crippen LogP contribution in [-0.2, 0) is 26.2 Å². The summed E-state index contributed by atoms with van der Waals surface area (Å²) in [4.78, 5) is 27.8. The van der Waals surface area contributed by atoms with Crippen LogP contribution in [-0.4, -0.2) is 57.6 Å². The van der Waals surface area contributed by atoms with Gasteiger partial charge in [-0.15, -0.1) is 0 Å². The molecular formula is C25H34ClN3O5S. The van der Waals surface area contributed by atoms with Crippen molar-refractivity contribution >= 4 is 39.1 Å². The minimum Gasteiger partial charge on any atom is -0.497 e. The molecule has 2 amide bonds. The molecule has 0 aliphatic heterocycles. The van der Waals surface area contributed by atoms with Gasteiger partial charge in [0.1, 0.15) is 18.3 Å². The van der Waals surface area contributed by atoms with Crippen molar-refractivity contribution in [3.63, 3.8) is 0 Å². The first kappa shape index (κ1) is 28.5. The van der Waals surface area contributed by atoms with Gasteiger partial charge in [-0.05, 0) is 61.7 Å². The van der Waals surface area contributed by atoms with Crippen molar-refractivity contribution in [2.75, 3.05) is 30.8 Å². The molecule has 0 saturated heterocycles. The van der Waals surface area contributed by atoms with E-state index in [0.717, 1.165) is 29.0 Å². The maximum atomic E-state index is 13.5. The second kappa shape index (κ2) is 12.8. The van der Waals surface area contributed by atoms with Gasteiger partial charge in [0.25, 0.3) is 0 Å². The highest BCUT2D eigenvalue weighted by Crippen LogP contribution is 2.26. The van der Waals surface area contributed by atoms with E-state index in [1.54, 1.807) is 63.4 Å². The van der Waals surface area contributed by atoms with Crippen LogP contribution in [0.4, 0.5) is 5.69 Å². The molecule has 0 radical (unpaired) electrons. The molecule has 35 heavy (non-hydrogen) atoms. The van der Waals surface area contributed by atoms with Crippen LogP contribution in [0.2, 0.25) is 5.02 Å². The number of carbonyl (C=O) groups excluding carboxylic acids is 2. The minimum absolute atomic E-state index is 0.127. The van der Waals surface area contributed by atoms with Crippen LogP contribution in [0.25, 0.3) is 0 Å². The summed E-state index contributed by atoms with van der Waals surface area (Å²) in [5, 5.41) is 3.32. The molecule has 0 aliphatic rings. The molecule has 2 aromatic rings. The normalized spacial score (nSPS) is 12.1. The molecule has 10 heteroatoms. The fourth-order valence-electron chi connectivity index (χ4n) is 3.54. The molecule has 1 atom stereocenters. The fourth-order valence-corrected chi connectivity index (χ4v) is 4.67. The zero-order valence-corrected chi connectivity index (χ0v) is 22.4. The highest BCUT2D eigenvalue weighted by atomic mass is 35.5. The number of rotatable bonds is 12. The molecule has 1 unspecified atom stereocenters. The number of carbonyl (C=O) groups is 2. The van der Waals surface area contributed by atoms with E-state index in [0.29, 0.717) is 28.6 Å². The Morgan fingerprint density at radius 3 is 2.34 bits per heavy atom. The Balaban J connectivity index is 2.37. The predicted molar refractivity (Wildman–Crippen MR) is 139 cm³/mol. The van der Waals surface area contributed by atoms with Crippen LogP contribution in [0.5, 0.6) is 5.75 Å². The zero-order chi connectivity index (χ0) is 26.2. The third-order valence-corrected chi connectivity index (χ3v) is 6.98. The van der Waals surface area contributed by atoms with E-state index < -0.39 is 28.5 Å². The molecule has 8 nitrogen and oxygen atoms in total. The van der Waals surface area contributed by atoms with E-state index in [1.165, 1.54) is 4.90 Å². The Hall–Kier alpha value is -2.78. The van der Waals surface area contributed by atoms with Gasteiger partial charge in [-0.1, -0.05) is 37.1 Å².